The Morgan fingerprint density at radius 1 is 0.423 bits per heavy atom. The molecule has 0 radical (unpaired) electrons. The van der Waals surface area contributed by atoms with Crippen molar-refractivity contribution in [3.8, 4) is 34.2 Å². The van der Waals surface area contributed by atoms with Crippen LogP contribution in [0, 0.1) is 0 Å². The topological polar surface area (TPSA) is 58.3 Å². The highest BCUT2D eigenvalue weighted by Crippen LogP contribution is 2.64. The molecular formula is C45H30N5OP. The predicted octanol–water partition coefficient (Wildman–Crippen LogP) is 11.7. The zero-order chi connectivity index (χ0) is 34.4. The van der Waals surface area contributed by atoms with E-state index in [1.165, 1.54) is 11.0 Å². The maximum atomic E-state index is 6.44. The molecule has 0 saturated carbocycles. The highest BCUT2D eigenvalue weighted by molar-refractivity contribution is 7.70. The Bertz CT molecular complexity index is 2720. The van der Waals surface area contributed by atoms with E-state index < -0.39 is 8.22 Å². The smallest absolute Gasteiger partial charge is 0.167 e. The van der Waals surface area contributed by atoms with Gasteiger partial charge >= 0.3 is 0 Å². The summed E-state index contributed by atoms with van der Waals surface area (Å²) in [5, 5.41) is 3.34. The van der Waals surface area contributed by atoms with Crippen molar-refractivity contribution in [3.63, 3.8) is 0 Å². The van der Waals surface area contributed by atoms with E-state index in [2.05, 4.69) is 131 Å². The van der Waals surface area contributed by atoms with Gasteiger partial charge in [0.25, 0.3) is 0 Å². The van der Waals surface area contributed by atoms with Gasteiger partial charge < -0.3 is 4.42 Å². The van der Waals surface area contributed by atoms with Crippen LogP contribution < -0.4 is 14.6 Å². The number of nitrogens with zero attached hydrogens (tertiary/aromatic N) is 5. The average Bonchev–Trinajstić information content (AvgIpc) is 3.78. The molecule has 1 aliphatic rings. The molecule has 1 aliphatic heterocycles. The lowest BCUT2D eigenvalue weighted by Gasteiger charge is -2.33. The zero-order valence-electron chi connectivity index (χ0n) is 27.9. The molecule has 6 nitrogen and oxygen atoms in total. The number of rotatable bonds is 6. The Balaban J connectivity index is 1.16. The minimum absolute atomic E-state index is 0.562. The van der Waals surface area contributed by atoms with Gasteiger partial charge in [0.05, 0.1) is 16.9 Å². The van der Waals surface area contributed by atoms with Crippen molar-refractivity contribution in [2.45, 2.75) is 0 Å². The van der Waals surface area contributed by atoms with Crippen LogP contribution in [0.25, 0.3) is 56.1 Å². The maximum absolute atomic E-state index is 6.44. The quantitative estimate of drug-likeness (QED) is 0.162. The third kappa shape index (κ3) is 5.12. The van der Waals surface area contributed by atoms with Gasteiger partial charge in [0.2, 0.25) is 0 Å². The minimum atomic E-state index is -1.04. The Kier molecular flexibility index (Phi) is 7.33. The van der Waals surface area contributed by atoms with Crippen molar-refractivity contribution < 1.29 is 4.42 Å². The Hall–Kier alpha value is -6.62. The van der Waals surface area contributed by atoms with Gasteiger partial charge in [-0.05, 0) is 48.5 Å². The normalized spacial score (nSPS) is 13.9. The molecule has 52 heavy (non-hydrogen) atoms. The van der Waals surface area contributed by atoms with E-state index in [1.54, 1.807) is 0 Å². The van der Waals surface area contributed by atoms with E-state index in [0.29, 0.717) is 17.5 Å². The fourth-order valence-corrected chi connectivity index (χ4v) is 9.54. The lowest BCUT2D eigenvalue weighted by molar-refractivity contribution is 0.669. The zero-order valence-corrected chi connectivity index (χ0v) is 28.8. The molecule has 0 N–H and O–H groups in total. The molecule has 0 saturated heterocycles. The standard InChI is InChI=1S/C45H30N5OP/c1-4-16-31(17-5-1)43-46-44(48-45(47-43)38-26-15-25-37-36-24-10-13-29-41(36)51-42(37)38)32-18-14-21-34(30-32)50-40-28-12-11-27-39(40)49(33-19-6-2-7-20-33)52(50)35-22-8-3-9-23-35/h1-30H. The van der Waals surface area contributed by atoms with Crippen LogP contribution in [0.2, 0.25) is 0 Å². The molecule has 0 amide bonds. The Morgan fingerprint density at radius 3 is 1.73 bits per heavy atom. The second-order valence-electron chi connectivity index (χ2n) is 12.6. The third-order valence-electron chi connectivity index (χ3n) is 9.37. The molecule has 7 aromatic carbocycles. The maximum Gasteiger partial charge on any atom is 0.167 e. The van der Waals surface area contributed by atoms with Crippen LogP contribution in [0.3, 0.4) is 0 Å². The summed E-state index contributed by atoms with van der Waals surface area (Å²) in [6.07, 6.45) is 0. The van der Waals surface area contributed by atoms with Crippen molar-refractivity contribution >= 4 is 58.2 Å². The summed E-state index contributed by atoms with van der Waals surface area (Å²) in [6.45, 7) is 0. The lowest BCUT2D eigenvalue weighted by atomic mass is 10.1. The summed E-state index contributed by atoms with van der Waals surface area (Å²) in [6, 6.07) is 63.0. The lowest BCUT2D eigenvalue weighted by Crippen LogP contribution is -2.22. The highest BCUT2D eigenvalue weighted by atomic mass is 31.1. The van der Waals surface area contributed by atoms with Crippen molar-refractivity contribution in [2.75, 3.05) is 9.34 Å². The third-order valence-corrected chi connectivity index (χ3v) is 11.8. The van der Waals surface area contributed by atoms with Gasteiger partial charge in [0.15, 0.2) is 17.5 Å². The summed E-state index contributed by atoms with van der Waals surface area (Å²) in [5.41, 5.74) is 8.76. The molecule has 3 heterocycles. The fraction of sp³-hybridized carbons (Fsp3) is 0. The molecular weight excluding hydrogens is 658 g/mol. The van der Waals surface area contributed by atoms with Crippen LogP contribution in [0.4, 0.5) is 22.7 Å². The second kappa shape index (κ2) is 12.6. The number of anilines is 4. The number of furan rings is 1. The van der Waals surface area contributed by atoms with Crippen LogP contribution in [0.1, 0.15) is 0 Å². The molecule has 0 spiro atoms. The van der Waals surface area contributed by atoms with Crippen LogP contribution in [0.5, 0.6) is 0 Å². The van der Waals surface area contributed by atoms with Gasteiger partial charge in [-0.25, -0.2) is 15.0 Å². The molecule has 0 aliphatic carbocycles. The summed E-state index contributed by atoms with van der Waals surface area (Å²) < 4.78 is 11.4. The largest absolute Gasteiger partial charge is 0.455 e. The number of aromatic nitrogens is 3. The van der Waals surface area contributed by atoms with E-state index in [1.807, 2.05) is 60.7 Å². The molecule has 10 rings (SSSR count). The number of hydrogen-bond acceptors (Lipinski definition) is 6. The minimum Gasteiger partial charge on any atom is -0.455 e. The first-order chi connectivity index (χ1) is 25.8. The first-order valence-electron chi connectivity index (χ1n) is 17.2. The summed E-state index contributed by atoms with van der Waals surface area (Å²) in [5.74, 6) is 1.76. The molecule has 2 aromatic heterocycles. The number of benzene rings is 7. The fourth-order valence-electron chi connectivity index (χ4n) is 7.02. The number of para-hydroxylation sites is 5. The molecule has 0 fully saturated rings. The monoisotopic (exact) mass is 687 g/mol. The van der Waals surface area contributed by atoms with Gasteiger partial charge in [0, 0.05) is 38.6 Å². The van der Waals surface area contributed by atoms with Gasteiger partial charge in [0.1, 0.15) is 19.4 Å². The predicted molar refractivity (Wildman–Crippen MR) is 214 cm³/mol. The number of hydrogen-bond donors (Lipinski definition) is 0. The second-order valence-corrected chi connectivity index (χ2v) is 14.5. The van der Waals surface area contributed by atoms with Gasteiger partial charge in [-0.15, -0.1) is 0 Å². The van der Waals surface area contributed by atoms with Crippen LogP contribution in [-0.4, -0.2) is 15.0 Å². The number of fused-ring (bicyclic) bond motifs is 4. The van der Waals surface area contributed by atoms with Crippen molar-refractivity contribution in [1.82, 2.24) is 15.0 Å². The van der Waals surface area contributed by atoms with Gasteiger partial charge in [-0.3, -0.25) is 9.34 Å². The van der Waals surface area contributed by atoms with Crippen molar-refractivity contribution in [1.29, 1.82) is 0 Å². The molecule has 1 unspecified atom stereocenters. The molecule has 0 bridgehead atoms. The molecule has 9 aromatic rings. The van der Waals surface area contributed by atoms with Crippen LogP contribution in [-0.2, 0) is 0 Å². The van der Waals surface area contributed by atoms with Gasteiger partial charge in [-0.1, -0.05) is 133 Å². The highest BCUT2D eigenvalue weighted by Gasteiger charge is 2.39. The van der Waals surface area contributed by atoms with Crippen LogP contribution in [0.15, 0.2) is 186 Å². The molecule has 7 heteroatoms. The van der Waals surface area contributed by atoms with E-state index in [4.69, 9.17) is 19.4 Å². The van der Waals surface area contributed by atoms with E-state index >= 15 is 0 Å². The average molecular weight is 688 g/mol. The van der Waals surface area contributed by atoms with Crippen LogP contribution >= 0.6 is 8.22 Å². The van der Waals surface area contributed by atoms with E-state index in [-0.39, 0.29) is 0 Å². The van der Waals surface area contributed by atoms with E-state index in [9.17, 15) is 0 Å². The first-order valence-corrected chi connectivity index (χ1v) is 18.5. The first kappa shape index (κ1) is 30.2. The Labute approximate surface area is 302 Å². The Morgan fingerprint density at radius 2 is 0.962 bits per heavy atom. The van der Waals surface area contributed by atoms with Crippen molar-refractivity contribution in [2.24, 2.45) is 0 Å². The molecule has 1 atom stereocenters. The summed E-state index contributed by atoms with van der Waals surface area (Å²) >= 11 is 0. The summed E-state index contributed by atoms with van der Waals surface area (Å²) in [7, 11) is -1.04. The molecule has 246 valence electrons. The summed E-state index contributed by atoms with van der Waals surface area (Å²) in [4.78, 5) is 15.3. The van der Waals surface area contributed by atoms with E-state index in [0.717, 1.165) is 55.7 Å². The van der Waals surface area contributed by atoms with Gasteiger partial charge in [-0.2, -0.15) is 0 Å². The SMILES string of the molecule is c1ccc(-c2nc(-c3cccc(N4c5ccccc5N(c5ccccc5)P4c4ccccc4)c3)nc(-c3cccc4c3oc3ccccc34)n2)cc1. The van der Waals surface area contributed by atoms with Crippen molar-refractivity contribution in [3.05, 3.63) is 182 Å².